The van der Waals surface area contributed by atoms with Gasteiger partial charge < -0.3 is 10.2 Å². The van der Waals surface area contributed by atoms with E-state index in [1.54, 1.807) is 6.07 Å². The fourth-order valence-electron chi connectivity index (χ4n) is 3.58. The minimum absolute atomic E-state index is 0.0311. The van der Waals surface area contributed by atoms with Gasteiger partial charge in [-0.15, -0.1) is 0 Å². The molecule has 31 heavy (non-hydrogen) atoms. The zero-order valence-electron chi connectivity index (χ0n) is 18.3. The molecule has 0 saturated carbocycles. The smallest absolute Gasteiger partial charge is 0.244 e. The average Bonchev–Trinajstić information content (AvgIpc) is 2.74. The van der Waals surface area contributed by atoms with Gasteiger partial charge in [0.15, 0.2) is 0 Å². The summed E-state index contributed by atoms with van der Waals surface area (Å²) in [7, 11) is -0.828. The molecule has 1 amide bonds. The highest BCUT2D eigenvalue weighted by molar-refractivity contribution is 7.89. The second-order valence-electron chi connectivity index (χ2n) is 7.96. The van der Waals surface area contributed by atoms with E-state index in [1.165, 1.54) is 37.5 Å². The number of nitrogens with zero attached hydrogens (tertiary/aromatic N) is 3. The first-order valence-corrected chi connectivity index (χ1v) is 12.0. The number of carbonyl (C=O) groups excluding carboxylic acids is 1. The number of piperazine rings is 1. The molecule has 1 unspecified atom stereocenters. The first-order chi connectivity index (χ1) is 14.6. The number of carbonyl (C=O) groups is 1. The third-order valence-electron chi connectivity index (χ3n) is 5.57. The summed E-state index contributed by atoms with van der Waals surface area (Å²) in [6, 6.07) is 12.6. The molecule has 1 aliphatic rings. The quantitative estimate of drug-likeness (QED) is 0.711. The number of benzene rings is 2. The molecule has 7 nitrogen and oxygen atoms in total. The molecule has 1 saturated heterocycles. The third kappa shape index (κ3) is 5.38. The van der Waals surface area contributed by atoms with Gasteiger partial charge in [-0.3, -0.25) is 9.69 Å². The molecule has 0 bridgehead atoms. The molecule has 0 aromatic heterocycles. The van der Waals surface area contributed by atoms with Gasteiger partial charge in [-0.25, -0.2) is 12.7 Å². The zero-order valence-corrected chi connectivity index (χ0v) is 19.9. The third-order valence-corrected chi connectivity index (χ3v) is 7.86. The Morgan fingerprint density at radius 3 is 2.39 bits per heavy atom. The molecule has 1 atom stereocenters. The van der Waals surface area contributed by atoms with Gasteiger partial charge in [-0.2, -0.15) is 0 Å². The summed E-state index contributed by atoms with van der Waals surface area (Å²) in [5.41, 5.74) is 2.83. The lowest BCUT2D eigenvalue weighted by Gasteiger charge is -2.38. The summed E-state index contributed by atoms with van der Waals surface area (Å²) in [5, 5.41) is 2.95. The summed E-state index contributed by atoms with van der Waals surface area (Å²) in [6.07, 6.45) is 0. The van der Waals surface area contributed by atoms with Gasteiger partial charge in [0.05, 0.1) is 11.1 Å². The van der Waals surface area contributed by atoms with Gasteiger partial charge in [0.1, 0.15) is 4.90 Å². The van der Waals surface area contributed by atoms with Crippen molar-refractivity contribution in [3.8, 4) is 0 Å². The highest BCUT2D eigenvalue weighted by atomic mass is 35.5. The first kappa shape index (κ1) is 23.5. The molecule has 1 heterocycles. The van der Waals surface area contributed by atoms with E-state index in [0.717, 1.165) is 30.5 Å². The molecular weight excluding hydrogens is 436 g/mol. The van der Waals surface area contributed by atoms with Crippen LogP contribution in [-0.2, 0) is 14.8 Å². The van der Waals surface area contributed by atoms with Crippen molar-refractivity contribution in [1.29, 1.82) is 0 Å². The van der Waals surface area contributed by atoms with Crippen LogP contribution in [0.5, 0.6) is 0 Å². The van der Waals surface area contributed by atoms with E-state index in [2.05, 4.69) is 46.3 Å². The van der Waals surface area contributed by atoms with Crippen molar-refractivity contribution in [2.45, 2.75) is 24.8 Å². The minimum Gasteiger partial charge on any atom is -0.369 e. The van der Waals surface area contributed by atoms with Crippen LogP contribution in [0, 0.1) is 6.92 Å². The molecule has 2 aromatic carbocycles. The Morgan fingerprint density at radius 1 is 1.10 bits per heavy atom. The van der Waals surface area contributed by atoms with Gasteiger partial charge in [0.2, 0.25) is 15.9 Å². The second kappa shape index (κ2) is 9.56. The SMILES string of the molecule is Cc1cccc(N2CCN(C(C)C(=O)Nc3ccc(Cl)c(S(=O)(=O)N(C)C)c3)CC2)c1. The normalized spacial score (nSPS) is 16.4. The van der Waals surface area contributed by atoms with Crippen LogP contribution in [0.4, 0.5) is 11.4 Å². The van der Waals surface area contributed by atoms with Crippen molar-refractivity contribution in [2.24, 2.45) is 0 Å². The maximum atomic E-state index is 12.8. The Bertz CT molecular complexity index is 1050. The van der Waals surface area contributed by atoms with Crippen molar-refractivity contribution in [3.05, 3.63) is 53.1 Å². The van der Waals surface area contributed by atoms with Gasteiger partial charge >= 0.3 is 0 Å². The van der Waals surface area contributed by atoms with E-state index in [0.29, 0.717) is 5.69 Å². The van der Waals surface area contributed by atoms with Gasteiger partial charge in [0.25, 0.3) is 0 Å². The molecule has 3 rings (SSSR count). The van der Waals surface area contributed by atoms with Crippen LogP contribution in [0.3, 0.4) is 0 Å². The maximum Gasteiger partial charge on any atom is 0.244 e. The number of nitrogens with one attached hydrogen (secondary N) is 1. The predicted octanol–water partition coefficient (Wildman–Crippen LogP) is 3.05. The lowest BCUT2D eigenvalue weighted by atomic mass is 10.1. The molecule has 1 fully saturated rings. The first-order valence-electron chi connectivity index (χ1n) is 10.2. The highest BCUT2D eigenvalue weighted by Gasteiger charge is 2.27. The van der Waals surface area contributed by atoms with Gasteiger partial charge in [0, 0.05) is 51.6 Å². The van der Waals surface area contributed by atoms with E-state index in [9.17, 15) is 13.2 Å². The molecule has 1 aliphatic heterocycles. The number of amides is 1. The Kier molecular flexibility index (Phi) is 7.26. The second-order valence-corrected chi connectivity index (χ2v) is 10.5. The number of hydrogen-bond acceptors (Lipinski definition) is 5. The molecule has 9 heteroatoms. The van der Waals surface area contributed by atoms with Crippen molar-refractivity contribution in [1.82, 2.24) is 9.21 Å². The van der Waals surface area contributed by atoms with Crippen LogP contribution in [0.2, 0.25) is 5.02 Å². The lowest BCUT2D eigenvalue weighted by molar-refractivity contribution is -0.120. The van der Waals surface area contributed by atoms with E-state index in [4.69, 9.17) is 11.6 Å². The Labute approximate surface area is 189 Å². The fourth-order valence-corrected chi connectivity index (χ4v) is 4.97. The summed E-state index contributed by atoms with van der Waals surface area (Å²) in [6.45, 7) is 7.16. The number of hydrogen-bond donors (Lipinski definition) is 1. The van der Waals surface area contributed by atoms with Crippen LogP contribution in [0.1, 0.15) is 12.5 Å². The van der Waals surface area contributed by atoms with Crippen LogP contribution >= 0.6 is 11.6 Å². The predicted molar refractivity (Wildman–Crippen MR) is 125 cm³/mol. The van der Waals surface area contributed by atoms with Gasteiger partial charge in [-0.05, 0) is 49.7 Å². The molecule has 0 spiro atoms. The van der Waals surface area contributed by atoms with Crippen LogP contribution in [0.15, 0.2) is 47.4 Å². The largest absolute Gasteiger partial charge is 0.369 e. The van der Waals surface area contributed by atoms with Crippen LogP contribution < -0.4 is 10.2 Å². The molecule has 168 valence electrons. The zero-order chi connectivity index (χ0) is 22.8. The van der Waals surface area contributed by atoms with Crippen molar-refractivity contribution in [3.63, 3.8) is 0 Å². The lowest BCUT2D eigenvalue weighted by Crippen LogP contribution is -2.52. The van der Waals surface area contributed by atoms with Crippen molar-refractivity contribution in [2.75, 3.05) is 50.5 Å². The molecule has 0 aliphatic carbocycles. The molecule has 1 N–H and O–H groups in total. The average molecular weight is 465 g/mol. The fraction of sp³-hybridized carbons (Fsp3) is 0.409. The van der Waals surface area contributed by atoms with Crippen molar-refractivity contribution < 1.29 is 13.2 Å². The standard InChI is InChI=1S/C22H29ClN4O3S/c1-16-6-5-7-19(14-16)27-12-10-26(11-13-27)17(2)22(28)24-18-8-9-20(23)21(15-18)31(29,30)25(3)4/h5-9,14-15,17H,10-13H2,1-4H3,(H,24,28). The number of rotatable bonds is 6. The minimum atomic E-state index is -3.71. The number of sulfonamides is 1. The number of halogens is 1. The molecular formula is C22H29ClN4O3S. The Morgan fingerprint density at radius 2 is 1.77 bits per heavy atom. The van der Waals surface area contributed by atoms with E-state index >= 15 is 0 Å². The molecule has 0 radical (unpaired) electrons. The monoisotopic (exact) mass is 464 g/mol. The van der Waals surface area contributed by atoms with Crippen molar-refractivity contribution >= 4 is 38.9 Å². The topological polar surface area (TPSA) is 73.0 Å². The number of aryl methyl sites for hydroxylation is 1. The summed E-state index contributed by atoms with van der Waals surface area (Å²) >= 11 is 6.09. The Hall–Kier alpha value is -2.13. The van der Waals surface area contributed by atoms with E-state index in [1.807, 2.05) is 6.92 Å². The molecule has 2 aromatic rings. The van der Waals surface area contributed by atoms with E-state index in [-0.39, 0.29) is 21.9 Å². The number of anilines is 2. The summed E-state index contributed by atoms with van der Waals surface area (Å²) < 4.78 is 26.0. The summed E-state index contributed by atoms with van der Waals surface area (Å²) in [5.74, 6) is -0.181. The maximum absolute atomic E-state index is 12.8. The Balaban J connectivity index is 1.64. The van der Waals surface area contributed by atoms with Crippen LogP contribution in [-0.4, -0.2) is 69.8 Å². The van der Waals surface area contributed by atoms with E-state index < -0.39 is 10.0 Å². The van der Waals surface area contributed by atoms with Crippen LogP contribution in [0.25, 0.3) is 0 Å². The van der Waals surface area contributed by atoms with Gasteiger partial charge in [-0.1, -0.05) is 23.7 Å². The summed E-state index contributed by atoms with van der Waals surface area (Å²) in [4.78, 5) is 17.3. The highest BCUT2D eigenvalue weighted by Crippen LogP contribution is 2.27.